The van der Waals surface area contributed by atoms with Crippen LogP contribution in [0.2, 0.25) is 0 Å². The van der Waals surface area contributed by atoms with Crippen molar-refractivity contribution in [2.75, 3.05) is 31.6 Å². The van der Waals surface area contributed by atoms with E-state index < -0.39 is 6.04 Å². The van der Waals surface area contributed by atoms with Crippen molar-refractivity contribution in [3.8, 4) is 0 Å². The summed E-state index contributed by atoms with van der Waals surface area (Å²) in [5.41, 5.74) is 7.52. The van der Waals surface area contributed by atoms with Gasteiger partial charge in [-0.3, -0.25) is 9.69 Å². The van der Waals surface area contributed by atoms with Crippen LogP contribution in [0.15, 0.2) is 24.3 Å². The topological polar surface area (TPSA) is 67.6 Å². The first kappa shape index (κ1) is 14.0. The number of hydrogen-bond donors (Lipinski definition) is 2. The minimum Gasteiger partial charge on any atom is -0.379 e. The summed E-state index contributed by atoms with van der Waals surface area (Å²) in [5.74, 6) is -0.163. The summed E-state index contributed by atoms with van der Waals surface area (Å²) in [6.45, 7) is 6.05. The average molecular weight is 263 g/mol. The number of carbonyl (C=O) groups is 1. The summed E-state index contributed by atoms with van der Waals surface area (Å²) >= 11 is 0. The Bertz CT molecular complexity index is 428. The van der Waals surface area contributed by atoms with E-state index in [2.05, 4.69) is 16.3 Å². The Kier molecular flexibility index (Phi) is 4.90. The van der Waals surface area contributed by atoms with Crippen molar-refractivity contribution >= 4 is 11.6 Å². The van der Waals surface area contributed by atoms with Crippen molar-refractivity contribution in [1.82, 2.24) is 4.90 Å². The van der Waals surface area contributed by atoms with E-state index >= 15 is 0 Å². The number of carbonyl (C=O) groups excluding carboxylic acids is 1. The van der Waals surface area contributed by atoms with E-state index in [-0.39, 0.29) is 5.91 Å². The van der Waals surface area contributed by atoms with Gasteiger partial charge in [-0.1, -0.05) is 12.1 Å². The molecule has 1 saturated heterocycles. The molecule has 1 amide bonds. The SMILES string of the molecule is C[C@@H](N)C(=O)Nc1cccc(CN2CCOCC2)c1. The monoisotopic (exact) mass is 263 g/mol. The first-order valence-electron chi connectivity index (χ1n) is 6.60. The fourth-order valence-corrected chi connectivity index (χ4v) is 2.02. The molecule has 5 nitrogen and oxygen atoms in total. The molecule has 1 atom stereocenters. The molecule has 104 valence electrons. The summed E-state index contributed by atoms with van der Waals surface area (Å²) in [7, 11) is 0. The molecule has 0 bridgehead atoms. The molecule has 0 aromatic heterocycles. The van der Waals surface area contributed by atoms with Gasteiger partial charge in [-0.05, 0) is 24.6 Å². The Morgan fingerprint density at radius 3 is 2.89 bits per heavy atom. The van der Waals surface area contributed by atoms with E-state index in [0.29, 0.717) is 0 Å². The van der Waals surface area contributed by atoms with Gasteiger partial charge in [0.1, 0.15) is 0 Å². The number of nitrogens with two attached hydrogens (primary N) is 1. The Morgan fingerprint density at radius 2 is 2.21 bits per heavy atom. The predicted octanol–water partition coefficient (Wildman–Crippen LogP) is 0.804. The molecular weight excluding hydrogens is 242 g/mol. The van der Waals surface area contributed by atoms with E-state index in [1.807, 2.05) is 18.2 Å². The van der Waals surface area contributed by atoms with Gasteiger partial charge in [-0.2, -0.15) is 0 Å². The number of rotatable bonds is 4. The lowest BCUT2D eigenvalue weighted by Crippen LogP contribution is -2.35. The van der Waals surface area contributed by atoms with Gasteiger partial charge in [0, 0.05) is 25.3 Å². The van der Waals surface area contributed by atoms with Gasteiger partial charge >= 0.3 is 0 Å². The predicted molar refractivity (Wildman–Crippen MR) is 74.8 cm³/mol. The summed E-state index contributed by atoms with van der Waals surface area (Å²) < 4.78 is 5.33. The van der Waals surface area contributed by atoms with Crippen LogP contribution in [0.1, 0.15) is 12.5 Å². The molecule has 0 spiro atoms. The Morgan fingerprint density at radius 1 is 1.47 bits per heavy atom. The van der Waals surface area contributed by atoms with E-state index in [0.717, 1.165) is 38.5 Å². The number of anilines is 1. The molecule has 1 aromatic carbocycles. The Labute approximate surface area is 113 Å². The minimum atomic E-state index is -0.497. The van der Waals surface area contributed by atoms with Gasteiger partial charge in [-0.25, -0.2) is 0 Å². The molecule has 19 heavy (non-hydrogen) atoms. The van der Waals surface area contributed by atoms with Gasteiger partial charge in [-0.15, -0.1) is 0 Å². The maximum Gasteiger partial charge on any atom is 0.240 e. The van der Waals surface area contributed by atoms with Crippen LogP contribution in [0, 0.1) is 0 Å². The number of nitrogens with one attached hydrogen (secondary N) is 1. The molecule has 1 aliphatic rings. The van der Waals surface area contributed by atoms with E-state index in [4.69, 9.17) is 10.5 Å². The van der Waals surface area contributed by atoms with E-state index in [1.165, 1.54) is 5.56 Å². The van der Waals surface area contributed by atoms with Crippen molar-refractivity contribution in [3.63, 3.8) is 0 Å². The maximum atomic E-state index is 11.6. The average Bonchev–Trinajstić information content (AvgIpc) is 2.40. The number of amides is 1. The van der Waals surface area contributed by atoms with Crippen molar-refractivity contribution in [2.24, 2.45) is 5.73 Å². The van der Waals surface area contributed by atoms with Gasteiger partial charge in [0.25, 0.3) is 0 Å². The lowest BCUT2D eigenvalue weighted by atomic mass is 10.1. The molecule has 3 N–H and O–H groups in total. The highest BCUT2D eigenvalue weighted by molar-refractivity contribution is 5.94. The molecule has 0 aliphatic carbocycles. The molecule has 1 aromatic rings. The van der Waals surface area contributed by atoms with Crippen LogP contribution in [0.5, 0.6) is 0 Å². The number of morpholine rings is 1. The maximum absolute atomic E-state index is 11.6. The van der Waals surface area contributed by atoms with Gasteiger partial charge < -0.3 is 15.8 Å². The van der Waals surface area contributed by atoms with Crippen LogP contribution < -0.4 is 11.1 Å². The lowest BCUT2D eigenvalue weighted by molar-refractivity contribution is -0.117. The third-order valence-corrected chi connectivity index (χ3v) is 3.12. The van der Waals surface area contributed by atoms with Gasteiger partial charge in [0.2, 0.25) is 5.91 Å². The van der Waals surface area contributed by atoms with Crippen LogP contribution >= 0.6 is 0 Å². The second-order valence-corrected chi connectivity index (χ2v) is 4.87. The summed E-state index contributed by atoms with van der Waals surface area (Å²) in [6.07, 6.45) is 0. The largest absolute Gasteiger partial charge is 0.379 e. The molecule has 2 rings (SSSR count). The standard InChI is InChI=1S/C14H21N3O2/c1-11(15)14(18)16-13-4-2-3-12(9-13)10-17-5-7-19-8-6-17/h2-4,9,11H,5-8,10,15H2,1H3,(H,16,18)/t11-/m1/s1. The van der Waals surface area contributed by atoms with Gasteiger partial charge in [0.15, 0.2) is 0 Å². The van der Waals surface area contributed by atoms with Crippen LogP contribution in [0.3, 0.4) is 0 Å². The second kappa shape index (κ2) is 6.65. The zero-order valence-electron chi connectivity index (χ0n) is 11.3. The van der Waals surface area contributed by atoms with Crippen molar-refractivity contribution in [1.29, 1.82) is 0 Å². The van der Waals surface area contributed by atoms with Crippen LogP contribution in [0.25, 0.3) is 0 Å². The highest BCUT2D eigenvalue weighted by Crippen LogP contribution is 2.13. The number of ether oxygens (including phenoxy) is 1. The van der Waals surface area contributed by atoms with Gasteiger partial charge in [0.05, 0.1) is 19.3 Å². The van der Waals surface area contributed by atoms with E-state index in [9.17, 15) is 4.79 Å². The second-order valence-electron chi connectivity index (χ2n) is 4.87. The zero-order chi connectivity index (χ0) is 13.7. The van der Waals surface area contributed by atoms with E-state index in [1.54, 1.807) is 6.92 Å². The lowest BCUT2D eigenvalue weighted by Gasteiger charge is -2.26. The fraction of sp³-hybridized carbons (Fsp3) is 0.500. The highest BCUT2D eigenvalue weighted by Gasteiger charge is 2.11. The first-order valence-corrected chi connectivity index (χ1v) is 6.60. The quantitative estimate of drug-likeness (QED) is 0.843. The number of hydrogen-bond acceptors (Lipinski definition) is 4. The third kappa shape index (κ3) is 4.31. The smallest absolute Gasteiger partial charge is 0.240 e. The van der Waals surface area contributed by atoms with Crippen molar-refractivity contribution in [3.05, 3.63) is 29.8 Å². The molecule has 5 heteroatoms. The van der Waals surface area contributed by atoms with Crippen molar-refractivity contribution < 1.29 is 9.53 Å². The molecule has 0 unspecified atom stereocenters. The van der Waals surface area contributed by atoms with Crippen LogP contribution in [-0.2, 0) is 16.1 Å². The number of nitrogens with zero attached hydrogens (tertiary/aromatic N) is 1. The third-order valence-electron chi connectivity index (χ3n) is 3.12. The fourth-order valence-electron chi connectivity index (χ4n) is 2.02. The summed E-state index contributed by atoms with van der Waals surface area (Å²) in [6, 6.07) is 7.39. The normalized spacial score (nSPS) is 18.0. The summed E-state index contributed by atoms with van der Waals surface area (Å²) in [5, 5.41) is 2.81. The first-order chi connectivity index (χ1) is 9.15. The molecule has 0 radical (unpaired) electrons. The molecule has 1 heterocycles. The minimum absolute atomic E-state index is 0.163. The zero-order valence-corrected chi connectivity index (χ0v) is 11.3. The Balaban J connectivity index is 1.96. The highest BCUT2D eigenvalue weighted by atomic mass is 16.5. The summed E-state index contributed by atoms with van der Waals surface area (Å²) in [4.78, 5) is 13.9. The number of benzene rings is 1. The molecular formula is C14H21N3O2. The Hall–Kier alpha value is -1.43. The molecule has 1 fully saturated rings. The molecule has 1 aliphatic heterocycles. The van der Waals surface area contributed by atoms with Crippen LogP contribution in [-0.4, -0.2) is 43.2 Å². The molecule has 0 saturated carbocycles. The van der Waals surface area contributed by atoms with Crippen LogP contribution in [0.4, 0.5) is 5.69 Å². The van der Waals surface area contributed by atoms with Crippen molar-refractivity contribution in [2.45, 2.75) is 19.5 Å².